The largest absolute Gasteiger partial charge is 0.494 e. The highest BCUT2D eigenvalue weighted by atomic mass is 19.4. The Labute approximate surface area is 191 Å². The summed E-state index contributed by atoms with van der Waals surface area (Å²) >= 11 is 0. The van der Waals surface area contributed by atoms with E-state index in [9.17, 15) is 13.2 Å². The van der Waals surface area contributed by atoms with E-state index in [-0.39, 0.29) is 11.8 Å². The van der Waals surface area contributed by atoms with Gasteiger partial charge in [0.05, 0.1) is 13.2 Å². The van der Waals surface area contributed by atoms with Gasteiger partial charge in [-0.1, -0.05) is 19.8 Å². The second-order valence-electron chi connectivity index (χ2n) is 7.24. The van der Waals surface area contributed by atoms with Gasteiger partial charge in [-0.25, -0.2) is 4.98 Å². The van der Waals surface area contributed by atoms with Crippen molar-refractivity contribution in [2.75, 3.05) is 23.8 Å². The van der Waals surface area contributed by atoms with Crippen LogP contribution in [0.4, 0.5) is 36.3 Å². The monoisotopic (exact) mass is 460 g/mol. The highest BCUT2D eigenvalue weighted by Gasteiger charge is 2.35. The lowest BCUT2D eigenvalue weighted by Crippen LogP contribution is -2.12. The number of ether oxygens (including phenoxy) is 2. The van der Waals surface area contributed by atoms with Crippen LogP contribution in [0.5, 0.6) is 11.5 Å². The predicted molar refractivity (Wildman–Crippen MR) is 123 cm³/mol. The summed E-state index contributed by atoms with van der Waals surface area (Å²) in [6.45, 7) is 5.13. The predicted octanol–water partition coefficient (Wildman–Crippen LogP) is 6.95. The number of aromatic nitrogens is 2. The summed E-state index contributed by atoms with van der Waals surface area (Å²) in [5, 5.41) is 5.66. The molecule has 0 bridgehead atoms. The zero-order chi connectivity index (χ0) is 23.7. The number of halogens is 3. The number of hydrogen-bond donors (Lipinski definition) is 2. The fraction of sp³-hybridized carbons (Fsp3) is 0.333. The minimum Gasteiger partial charge on any atom is -0.494 e. The van der Waals surface area contributed by atoms with E-state index in [0.717, 1.165) is 25.5 Å². The van der Waals surface area contributed by atoms with Crippen LogP contribution in [0.1, 0.15) is 38.7 Å². The first-order chi connectivity index (χ1) is 15.9. The van der Waals surface area contributed by atoms with Gasteiger partial charge in [-0.3, -0.25) is 0 Å². The van der Waals surface area contributed by atoms with E-state index in [1.54, 1.807) is 48.5 Å². The molecule has 33 heavy (non-hydrogen) atoms. The molecule has 0 spiro atoms. The van der Waals surface area contributed by atoms with Crippen molar-refractivity contribution in [2.24, 2.45) is 0 Å². The van der Waals surface area contributed by atoms with Gasteiger partial charge in [-0.15, -0.1) is 0 Å². The third-order valence-electron chi connectivity index (χ3n) is 4.65. The van der Waals surface area contributed by atoms with Crippen molar-refractivity contribution in [3.05, 3.63) is 60.3 Å². The van der Waals surface area contributed by atoms with Gasteiger partial charge in [0.2, 0.25) is 5.95 Å². The highest BCUT2D eigenvalue weighted by molar-refractivity contribution is 5.63. The van der Waals surface area contributed by atoms with E-state index in [4.69, 9.17) is 9.47 Å². The quantitative estimate of drug-likeness (QED) is 0.302. The molecule has 0 saturated carbocycles. The molecular formula is C24H27F3N4O2. The molecule has 0 fully saturated rings. The fourth-order valence-electron chi connectivity index (χ4n) is 2.99. The second kappa shape index (κ2) is 11.4. The summed E-state index contributed by atoms with van der Waals surface area (Å²) < 4.78 is 51.6. The number of rotatable bonds is 11. The average Bonchev–Trinajstić information content (AvgIpc) is 2.79. The number of alkyl halides is 3. The molecule has 176 valence electrons. The Kier molecular flexibility index (Phi) is 8.34. The molecule has 0 atom stereocenters. The number of nitrogens with one attached hydrogen (secondary N) is 2. The van der Waals surface area contributed by atoms with E-state index in [1.807, 2.05) is 6.92 Å². The van der Waals surface area contributed by atoms with Gasteiger partial charge in [0.1, 0.15) is 22.9 Å². The molecular weight excluding hydrogens is 433 g/mol. The Hall–Kier alpha value is -3.49. The van der Waals surface area contributed by atoms with Crippen LogP contribution in [0.3, 0.4) is 0 Å². The first-order valence-corrected chi connectivity index (χ1v) is 10.8. The van der Waals surface area contributed by atoms with Gasteiger partial charge in [0.25, 0.3) is 0 Å². The van der Waals surface area contributed by atoms with E-state index in [2.05, 4.69) is 27.5 Å². The second-order valence-corrected chi connectivity index (χ2v) is 7.24. The number of nitrogens with zero attached hydrogens (tertiary/aromatic N) is 2. The average molecular weight is 461 g/mol. The maximum absolute atomic E-state index is 13.5. The minimum absolute atomic E-state index is 0.0329. The van der Waals surface area contributed by atoms with Crippen LogP contribution in [0.15, 0.2) is 54.7 Å². The van der Waals surface area contributed by atoms with Crippen LogP contribution in [0.2, 0.25) is 0 Å². The molecule has 3 aromatic rings. The van der Waals surface area contributed by atoms with Crippen LogP contribution < -0.4 is 20.1 Å². The zero-order valence-corrected chi connectivity index (χ0v) is 18.6. The lowest BCUT2D eigenvalue weighted by Gasteiger charge is -2.15. The molecule has 1 heterocycles. The topological polar surface area (TPSA) is 68.3 Å². The number of anilines is 4. The van der Waals surface area contributed by atoms with Crippen LogP contribution in [-0.4, -0.2) is 23.2 Å². The van der Waals surface area contributed by atoms with Crippen molar-refractivity contribution in [1.29, 1.82) is 0 Å². The van der Waals surface area contributed by atoms with Gasteiger partial charge in [0.15, 0.2) is 0 Å². The van der Waals surface area contributed by atoms with Gasteiger partial charge >= 0.3 is 6.18 Å². The summed E-state index contributed by atoms with van der Waals surface area (Å²) in [5.74, 6) is 1.04. The Morgan fingerprint density at radius 2 is 1.42 bits per heavy atom. The maximum atomic E-state index is 13.5. The lowest BCUT2D eigenvalue weighted by atomic mass is 10.2. The van der Waals surface area contributed by atoms with Crippen molar-refractivity contribution in [1.82, 2.24) is 9.97 Å². The van der Waals surface area contributed by atoms with E-state index in [0.29, 0.717) is 36.1 Å². The van der Waals surface area contributed by atoms with Crippen LogP contribution in [-0.2, 0) is 6.18 Å². The van der Waals surface area contributed by atoms with E-state index in [1.165, 1.54) is 0 Å². The maximum Gasteiger partial charge on any atom is 0.421 e. The first-order valence-electron chi connectivity index (χ1n) is 10.8. The molecule has 0 aliphatic carbocycles. The van der Waals surface area contributed by atoms with Gasteiger partial charge in [-0.05, 0) is 61.9 Å². The normalized spacial score (nSPS) is 11.2. The number of benzene rings is 2. The van der Waals surface area contributed by atoms with Crippen molar-refractivity contribution in [3.63, 3.8) is 0 Å². The third-order valence-corrected chi connectivity index (χ3v) is 4.65. The van der Waals surface area contributed by atoms with Crippen molar-refractivity contribution >= 4 is 23.1 Å². The summed E-state index contributed by atoms with van der Waals surface area (Å²) in [5.41, 5.74) is 0.112. The molecule has 0 unspecified atom stereocenters. The Balaban J connectivity index is 1.75. The van der Waals surface area contributed by atoms with Crippen LogP contribution in [0.25, 0.3) is 0 Å². The van der Waals surface area contributed by atoms with Crippen molar-refractivity contribution < 1.29 is 22.6 Å². The molecule has 6 nitrogen and oxygen atoms in total. The molecule has 1 aromatic heterocycles. The van der Waals surface area contributed by atoms with Gasteiger partial charge in [-0.2, -0.15) is 18.2 Å². The van der Waals surface area contributed by atoms with Gasteiger partial charge in [0, 0.05) is 17.6 Å². The standard InChI is InChI=1S/C24H27F3N4O2/c1-3-5-6-15-33-20-13-7-17(8-14-20)29-22-21(24(25,26)27)16-28-23(31-22)30-18-9-11-19(12-10-18)32-4-2/h7-14,16H,3-6,15H2,1-2H3,(H2,28,29,30,31). The van der Waals surface area contributed by atoms with Gasteiger partial charge < -0.3 is 20.1 Å². The third kappa shape index (κ3) is 7.27. The van der Waals surface area contributed by atoms with Crippen molar-refractivity contribution in [3.8, 4) is 11.5 Å². The molecule has 0 radical (unpaired) electrons. The number of unbranched alkanes of at least 4 members (excludes halogenated alkanes) is 2. The lowest BCUT2D eigenvalue weighted by molar-refractivity contribution is -0.137. The molecule has 0 aliphatic rings. The van der Waals surface area contributed by atoms with E-state index < -0.39 is 11.7 Å². The van der Waals surface area contributed by atoms with Crippen LogP contribution >= 0.6 is 0 Å². The molecule has 0 amide bonds. The Morgan fingerprint density at radius 1 is 0.818 bits per heavy atom. The minimum atomic E-state index is -4.61. The summed E-state index contributed by atoms with van der Waals surface area (Å²) in [6.07, 6.45) is -0.709. The molecule has 2 N–H and O–H groups in total. The van der Waals surface area contributed by atoms with Crippen molar-refractivity contribution in [2.45, 2.75) is 39.3 Å². The smallest absolute Gasteiger partial charge is 0.421 e. The molecule has 9 heteroatoms. The summed E-state index contributed by atoms with van der Waals surface area (Å²) in [6, 6.07) is 13.7. The summed E-state index contributed by atoms with van der Waals surface area (Å²) in [7, 11) is 0. The number of hydrogen-bond acceptors (Lipinski definition) is 6. The molecule has 2 aromatic carbocycles. The fourth-order valence-corrected chi connectivity index (χ4v) is 2.99. The first kappa shape index (κ1) is 24.2. The molecule has 0 aliphatic heterocycles. The SMILES string of the molecule is CCCCCOc1ccc(Nc2nc(Nc3ccc(OCC)cc3)ncc2C(F)(F)F)cc1. The molecule has 0 saturated heterocycles. The zero-order valence-electron chi connectivity index (χ0n) is 18.6. The van der Waals surface area contributed by atoms with Crippen LogP contribution in [0, 0.1) is 0 Å². The highest BCUT2D eigenvalue weighted by Crippen LogP contribution is 2.35. The van der Waals surface area contributed by atoms with E-state index >= 15 is 0 Å². The Bertz CT molecular complexity index is 1010. The molecule has 3 rings (SSSR count). The Morgan fingerprint density at radius 3 is 2.00 bits per heavy atom. The summed E-state index contributed by atoms with van der Waals surface area (Å²) in [4.78, 5) is 7.90.